The normalized spacial score (nSPS) is 24.4. The number of aryl methyl sites for hydroxylation is 1. The fourth-order valence-corrected chi connectivity index (χ4v) is 7.05. The van der Waals surface area contributed by atoms with Crippen LogP contribution in [0.3, 0.4) is 0 Å². The SMILES string of the molecule is CCOC(=O)c1ccc(N2C(=O)[C@H]3[C@@H](C2=O)[C@]2(N[C@@H]3Cc3c[nH]c4ccccc34)C(=O)Nc3c2ccc(C)c3C)cc1. The first-order valence-electron chi connectivity index (χ1n) is 14.2. The summed E-state index contributed by atoms with van der Waals surface area (Å²) in [5.41, 5.74) is 4.58. The maximum Gasteiger partial charge on any atom is 0.338 e. The number of anilines is 2. The van der Waals surface area contributed by atoms with E-state index in [1.165, 1.54) is 4.90 Å². The summed E-state index contributed by atoms with van der Waals surface area (Å²) < 4.78 is 5.08. The molecular weight excluding hydrogens is 532 g/mol. The van der Waals surface area contributed by atoms with Gasteiger partial charge in [-0.2, -0.15) is 0 Å². The minimum atomic E-state index is -1.40. The number of para-hydroxylation sites is 1. The highest BCUT2D eigenvalue weighted by molar-refractivity contribution is 6.26. The number of esters is 1. The van der Waals surface area contributed by atoms with E-state index in [9.17, 15) is 19.2 Å². The Balaban J connectivity index is 1.34. The van der Waals surface area contributed by atoms with Gasteiger partial charge in [-0.1, -0.05) is 30.3 Å². The third kappa shape index (κ3) is 3.53. The molecular formula is C33H30N4O5. The second-order valence-corrected chi connectivity index (χ2v) is 11.3. The molecule has 4 atom stereocenters. The van der Waals surface area contributed by atoms with Gasteiger partial charge in [0.1, 0.15) is 5.54 Å². The lowest BCUT2D eigenvalue weighted by atomic mass is 9.75. The fourth-order valence-electron chi connectivity index (χ4n) is 7.05. The van der Waals surface area contributed by atoms with Crippen molar-refractivity contribution in [1.82, 2.24) is 10.3 Å². The fraction of sp³-hybridized carbons (Fsp3) is 0.273. The molecule has 3 aromatic carbocycles. The molecule has 2 saturated heterocycles. The Kier molecular flexibility index (Phi) is 5.85. The molecule has 1 aromatic heterocycles. The first-order chi connectivity index (χ1) is 20.3. The van der Waals surface area contributed by atoms with Crippen LogP contribution in [0, 0.1) is 25.7 Å². The van der Waals surface area contributed by atoms with Gasteiger partial charge < -0.3 is 15.0 Å². The minimum Gasteiger partial charge on any atom is -0.462 e. The number of nitrogens with one attached hydrogen (secondary N) is 3. The summed E-state index contributed by atoms with van der Waals surface area (Å²) >= 11 is 0. The number of amides is 3. The zero-order chi connectivity index (χ0) is 29.3. The maximum atomic E-state index is 14.3. The molecule has 4 heterocycles. The number of imide groups is 1. The van der Waals surface area contributed by atoms with Gasteiger partial charge in [0.2, 0.25) is 17.7 Å². The summed E-state index contributed by atoms with van der Waals surface area (Å²) in [5, 5.41) is 7.61. The highest BCUT2D eigenvalue weighted by Gasteiger charge is 2.70. The third-order valence-electron chi connectivity index (χ3n) is 9.17. The Labute approximate surface area is 242 Å². The first kappa shape index (κ1) is 26.2. The lowest BCUT2D eigenvalue weighted by molar-refractivity contribution is -0.130. The molecule has 3 amide bonds. The molecule has 2 fully saturated rings. The largest absolute Gasteiger partial charge is 0.462 e. The van der Waals surface area contributed by atoms with Gasteiger partial charge in [-0.15, -0.1) is 0 Å². The molecule has 1 spiro atoms. The van der Waals surface area contributed by atoms with Crippen LogP contribution in [-0.4, -0.2) is 41.3 Å². The lowest BCUT2D eigenvalue weighted by Gasteiger charge is -2.29. The van der Waals surface area contributed by atoms with Gasteiger partial charge in [0.15, 0.2) is 0 Å². The van der Waals surface area contributed by atoms with Gasteiger partial charge in [0.25, 0.3) is 0 Å². The molecule has 3 N–H and O–H groups in total. The second-order valence-electron chi connectivity index (χ2n) is 11.3. The molecule has 3 aliphatic rings. The van der Waals surface area contributed by atoms with Gasteiger partial charge >= 0.3 is 5.97 Å². The van der Waals surface area contributed by atoms with E-state index in [0.29, 0.717) is 28.9 Å². The average Bonchev–Trinajstić information content (AvgIpc) is 3.70. The van der Waals surface area contributed by atoms with Crippen molar-refractivity contribution in [3.8, 4) is 0 Å². The molecule has 3 aliphatic heterocycles. The highest BCUT2D eigenvalue weighted by Crippen LogP contribution is 2.54. The lowest BCUT2D eigenvalue weighted by Crippen LogP contribution is -2.53. The van der Waals surface area contributed by atoms with Crippen LogP contribution in [0.1, 0.15) is 39.5 Å². The zero-order valence-corrected chi connectivity index (χ0v) is 23.5. The van der Waals surface area contributed by atoms with Crippen LogP contribution in [0.2, 0.25) is 0 Å². The molecule has 0 unspecified atom stereocenters. The number of fused-ring (bicyclic) bond motifs is 5. The number of ether oxygens (including phenoxy) is 1. The Morgan fingerprint density at radius 2 is 1.74 bits per heavy atom. The summed E-state index contributed by atoms with van der Waals surface area (Å²) in [4.78, 5) is 59.2. The number of aromatic amines is 1. The van der Waals surface area contributed by atoms with E-state index in [4.69, 9.17) is 4.74 Å². The third-order valence-corrected chi connectivity index (χ3v) is 9.17. The Hall–Kier alpha value is -4.76. The van der Waals surface area contributed by atoms with Gasteiger partial charge in [-0.3, -0.25) is 19.7 Å². The molecule has 9 nitrogen and oxygen atoms in total. The predicted molar refractivity (Wildman–Crippen MR) is 157 cm³/mol. The van der Waals surface area contributed by atoms with Crippen LogP contribution in [0.15, 0.2) is 66.9 Å². The Bertz CT molecular complexity index is 1810. The molecule has 0 saturated carbocycles. The average molecular weight is 563 g/mol. The summed E-state index contributed by atoms with van der Waals surface area (Å²) in [7, 11) is 0. The summed E-state index contributed by atoms with van der Waals surface area (Å²) in [5.74, 6) is -3.35. The zero-order valence-electron chi connectivity index (χ0n) is 23.5. The van der Waals surface area contributed by atoms with E-state index >= 15 is 0 Å². The van der Waals surface area contributed by atoms with Gasteiger partial charge in [-0.25, -0.2) is 9.69 Å². The molecule has 9 heteroatoms. The van der Waals surface area contributed by atoms with E-state index in [2.05, 4.69) is 15.6 Å². The Morgan fingerprint density at radius 3 is 2.50 bits per heavy atom. The van der Waals surface area contributed by atoms with Gasteiger partial charge in [0.05, 0.1) is 29.7 Å². The first-order valence-corrected chi connectivity index (χ1v) is 14.2. The molecule has 212 valence electrons. The number of hydrogen-bond acceptors (Lipinski definition) is 6. The highest BCUT2D eigenvalue weighted by atomic mass is 16.5. The van der Waals surface area contributed by atoms with Crippen molar-refractivity contribution >= 4 is 46.0 Å². The van der Waals surface area contributed by atoms with E-state index in [1.807, 2.05) is 56.4 Å². The van der Waals surface area contributed by atoms with E-state index in [-0.39, 0.29) is 18.4 Å². The van der Waals surface area contributed by atoms with E-state index < -0.39 is 35.3 Å². The summed E-state index contributed by atoms with van der Waals surface area (Å²) in [6, 6.07) is 17.5. The number of benzene rings is 3. The number of carbonyl (C=O) groups is 4. The predicted octanol–water partition coefficient (Wildman–Crippen LogP) is 4.13. The number of H-pyrrole nitrogens is 1. The molecule has 0 bridgehead atoms. The van der Waals surface area contributed by atoms with Gasteiger partial charge in [0, 0.05) is 34.4 Å². The van der Waals surface area contributed by atoms with Crippen molar-refractivity contribution in [2.45, 2.75) is 38.8 Å². The minimum absolute atomic E-state index is 0.239. The number of hydrogen-bond donors (Lipinski definition) is 3. The summed E-state index contributed by atoms with van der Waals surface area (Å²) in [6.07, 6.45) is 2.37. The van der Waals surface area contributed by atoms with Crippen LogP contribution < -0.4 is 15.5 Å². The van der Waals surface area contributed by atoms with E-state index in [0.717, 1.165) is 27.6 Å². The number of carbonyl (C=O) groups excluding carboxylic acids is 4. The van der Waals surface area contributed by atoms with Crippen molar-refractivity contribution < 1.29 is 23.9 Å². The van der Waals surface area contributed by atoms with Gasteiger partial charge in [-0.05, 0) is 74.2 Å². The smallest absolute Gasteiger partial charge is 0.338 e. The van der Waals surface area contributed by atoms with E-state index in [1.54, 1.807) is 31.2 Å². The number of rotatable bonds is 5. The second kappa shape index (κ2) is 9.39. The van der Waals surface area contributed by atoms with Crippen molar-refractivity contribution in [3.63, 3.8) is 0 Å². The molecule has 0 radical (unpaired) electrons. The van der Waals surface area contributed by atoms with Crippen LogP contribution >= 0.6 is 0 Å². The van der Waals surface area contributed by atoms with Crippen LogP contribution in [0.5, 0.6) is 0 Å². The number of aromatic nitrogens is 1. The quantitative estimate of drug-likeness (QED) is 0.249. The van der Waals surface area contributed by atoms with Crippen LogP contribution in [0.4, 0.5) is 11.4 Å². The molecule has 42 heavy (non-hydrogen) atoms. The van der Waals surface area contributed by atoms with Crippen molar-refractivity contribution in [3.05, 3.63) is 94.7 Å². The molecule has 7 rings (SSSR count). The topological polar surface area (TPSA) is 121 Å². The number of nitrogens with zero attached hydrogens (tertiary/aromatic N) is 1. The van der Waals surface area contributed by atoms with Crippen molar-refractivity contribution in [1.29, 1.82) is 0 Å². The summed E-state index contributed by atoms with van der Waals surface area (Å²) in [6.45, 7) is 5.89. The standard InChI is InChI=1S/C33H30N4O5/c1-4-42-31(40)19-10-12-21(13-11-19)37-29(38)26-25(15-20-16-34-24-8-6-5-7-22(20)24)36-33(27(26)30(37)39)23-14-9-17(2)18(3)28(23)35-32(33)41/h5-14,16,25-27,34,36H,4,15H2,1-3H3,(H,35,41)/t25-,26-,27+,33+/m1/s1. The van der Waals surface area contributed by atoms with Crippen molar-refractivity contribution in [2.24, 2.45) is 11.8 Å². The van der Waals surface area contributed by atoms with Crippen LogP contribution in [-0.2, 0) is 31.1 Å². The van der Waals surface area contributed by atoms with Crippen LogP contribution in [0.25, 0.3) is 10.9 Å². The molecule has 0 aliphatic carbocycles. The monoisotopic (exact) mass is 562 g/mol. The maximum absolute atomic E-state index is 14.3. The Morgan fingerprint density at radius 1 is 0.976 bits per heavy atom. The molecule has 4 aromatic rings. The van der Waals surface area contributed by atoms with Crippen molar-refractivity contribution in [2.75, 3.05) is 16.8 Å².